The van der Waals surface area contributed by atoms with E-state index in [0.717, 1.165) is 12.1 Å². The first-order valence-electron chi connectivity index (χ1n) is 12.6. The van der Waals surface area contributed by atoms with E-state index in [9.17, 15) is 35.1 Å². The Kier molecular flexibility index (Phi) is 8.04. The molecule has 1 saturated heterocycles. The number of benzene rings is 3. The monoisotopic (exact) mass is 562 g/mol. The quantitative estimate of drug-likeness (QED) is 0.165. The molecule has 1 fully saturated rings. The summed E-state index contributed by atoms with van der Waals surface area (Å²) in [6.07, 6.45) is -5.29. The predicted molar refractivity (Wildman–Crippen MR) is 145 cm³/mol. The first-order valence-corrected chi connectivity index (χ1v) is 12.6. The fourth-order valence-corrected chi connectivity index (χ4v) is 4.30. The third kappa shape index (κ3) is 6.23. The SMILES string of the molecule is O=C(/C=C/c1ccc(O)cc1)OC[C@H]1O[C@@H](Oc2cc(O)c3c(=O)cc(-c4ccccc4)oc3c2)[C@H](O)[C@@H](O)[C@@H]1O. The standard InChI is InChI=1S/C30H26O11/c31-18-9-6-16(7-10-18)8-11-25(34)38-15-24-27(35)28(36)29(37)30(41-24)39-19-12-20(32)26-21(33)14-22(40-23(26)13-19)17-4-2-1-3-5-17/h1-14,24,27-32,35-37H,15H2/b11-8+/t24-,27-,28+,29-,30-/m1/s1. The fourth-order valence-electron chi connectivity index (χ4n) is 4.30. The van der Waals surface area contributed by atoms with E-state index in [2.05, 4.69) is 0 Å². The average molecular weight is 563 g/mol. The normalized spacial score (nSPS) is 22.6. The van der Waals surface area contributed by atoms with Crippen LogP contribution in [0.4, 0.5) is 0 Å². The number of hydrogen-bond acceptors (Lipinski definition) is 11. The van der Waals surface area contributed by atoms with E-state index in [1.807, 2.05) is 6.07 Å². The van der Waals surface area contributed by atoms with Gasteiger partial charge in [0.15, 0.2) is 5.43 Å². The van der Waals surface area contributed by atoms with Crippen LogP contribution in [0.1, 0.15) is 5.56 Å². The molecular formula is C30H26O11. The van der Waals surface area contributed by atoms with Crippen LogP contribution in [0.25, 0.3) is 28.4 Å². The molecule has 0 radical (unpaired) electrons. The van der Waals surface area contributed by atoms with Crippen molar-refractivity contribution in [3.63, 3.8) is 0 Å². The first-order chi connectivity index (χ1) is 19.7. The second-order valence-electron chi connectivity index (χ2n) is 9.34. The number of aromatic hydroxyl groups is 2. The zero-order valence-electron chi connectivity index (χ0n) is 21.4. The second-order valence-corrected chi connectivity index (χ2v) is 9.34. The largest absolute Gasteiger partial charge is 0.508 e. The van der Waals surface area contributed by atoms with Gasteiger partial charge in [-0.05, 0) is 23.8 Å². The predicted octanol–water partition coefficient (Wildman–Crippen LogP) is 2.31. The molecule has 212 valence electrons. The third-order valence-corrected chi connectivity index (χ3v) is 6.46. The number of phenolic OH excluding ortho intramolecular Hbond substituents is 2. The van der Waals surface area contributed by atoms with Gasteiger partial charge < -0.3 is 44.2 Å². The number of aliphatic hydroxyl groups is 3. The molecular weight excluding hydrogens is 536 g/mol. The summed E-state index contributed by atoms with van der Waals surface area (Å²) in [4.78, 5) is 24.9. The van der Waals surface area contributed by atoms with Gasteiger partial charge in [0.2, 0.25) is 6.29 Å². The van der Waals surface area contributed by atoms with Crippen molar-refractivity contribution in [2.75, 3.05) is 6.61 Å². The van der Waals surface area contributed by atoms with Crippen molar-refractivity contribution < 1.29 is 49.0 Å². The summed E-state index contributed by atoms with van der Waals surface area (Å²) >= 11 is 0. The van der Waals surface area contributed by atoms with Crippen LogP contribution in [0.5, 0.6) is 17.2 Å². The molecule has 11 heteroatoms. The van der Waals surface area contributed by atoms with Crippen LogP contribution in [-0.4, -0.2) is 68.8 Å². The second kappa shape index (κ2) is 11.8. The van der Waals surface area contributed by atoms with Crippen molar-refractivity contribution >= 4 is 23.0 Å². The number of rotatable bonds is 7. The number of hydrogen-bond donors (Lipinski definition) is 5. The Balaban J connectivity index is 1.31. The Labute approximate surface area is 232 Å². The van der Waals surface area contributed by atoms with Crippen LogP contribution >= 0.6 is 0 Å². The molecule has 1 aromatic heterocycles. The maximum atomic E-state index is 12.7. The van der Waals surface area contributed by atoms with Gasteiger partial charge in [0.25, 0.3) is 0 Å². The zero-order chi connectivity index (χ0) is 29.1. The Morgan fingerprint density at radius 3 is 2.37 bits per heavy atom. The lowest BCUT2D eigenvalue weighted by molar-refractivity contribution is -0.278. The van der Waals surface area contributed by atoms with Crippen LogP contribution in [0.15, 0.2) is 88.1 Å². The lowest BCUT2D eigenvalue weighted by Gasteiger charge is -2.39. The van der Waals surface area contributed by atoms with Crippen molar-refractivity contribution in [2.45, 2.75) is 30.7 Å². The maximum absolute atomic E-state index is 12.7. The minimum absolute atomic E-state index is 0.00290. The first kappa shape index (κ1) is 27.9. The van der Waals surface area contributed by atoms with Gasteiger partial charge in [-0.3, -0.25) is 4.79 Å². The van der Waals surface area contributed by atoms with Crippen LogP contribution in [0.3, 0.4) is 0 Å². The molecule has 1 aliphatic rings. The van der Waals surface area contributed by atoms with Gasteiger partial charge in [0.05, 0.1) is 0 Å². The molecule has 0 unspecified atom stereocenters. The van der Waals surface area contributed by atoms with Crippen molar-refractivity contribution in [1.29, 1.82) is 0 Å². The van der Waals surface area contributed by atoms with E-state index in [0.29, 0.717) is 11.1 Å². The van der Waals surface area contributed by atoms with Crippen molar-refractivity contribution in [3.05, 3.63) is 94.7 Å². The molecule has 5 rings (SSSR count). The molecule has 0 bridgehead atoms. The number of fused-ring (bicyclic) bond motifs is 1. The minimum atomic E-state index is -1.72. The van der Waals surface area contributed by atoms with E-state index in [4.69, 9.17) is 18.6 Å². The van der Waals surface area contributed by atoms with Crippen molar-refractivity contribution in [2.24, 2.45) is 0 Å². The summed E-state index contributed by atoms with van der Waals surface area (Å²) in [6, 6.07) is 18.6. The molecule has 5 N–H and O–H groups in total. The smallest absolute Gasteiger partial charge is 0.330 e. The van der Waals surface area contributed by atoms with E-state index in [1.165, 1.54) is 30.3 Å². The zero-order valence-corrected chi connectivity index (χ0v) is 21.4. The molecule has 0 saturated carbocycles. The molecule has 4 aromatic rings. The Morgan fingerprint density at radius 1 is 0.902 bits per heavy atom. The summed E-state index contributed by atoms with van der Waals surface area (Å²) in [5.74, 6) is -0.943. The number of carbonyl (C=O) groups excluding carboxylic acids is 1. The lowest BCUT2D eigenvalue weighted by Crippen LogP contribution is -2.60. The van der Waals surface area contributed by atoms with E-state index in [-0.39, 0.29) is 28.2 Å². The molecule has 5 atom stereocenters. The van der Waals surface area contributed by atoms with Crippen LogP contribution in [-0.2, 0) is 14.3 Å². The Bertz CT molecular complexity index is 1610. The Hall–Kier alpha value is -4.68. The molecule has 11 nitrogen and oxygen atoms in total. The summed E-state index contributed by atoms with van der Waals surface area (Å²) in [6.45, 7) is -0.484. The summed E-state index contributed by atoms with van der Waals surface area (Å²) < 4.78 is 22.2. The molecule has 41 heavy (non-hydrogen) atoms. The summed E-state index contributed by atoms with van der Waals surface area (Å²) in [5, 5.41) is 51.0. The van der Waals surface area contributed by atoms with Crippen molar-refractivity contribution in [1.82, 2.24) is 0 Å². The van der Waals surface area contributed by atoms with Crippen LogP contribution in [0, 0.1) is 0 Å². The summed E-state index contributed by atoms with van der Waals surface area (Å²) in [7, 11) is 0. The van der Waals surface area contributed by atoms with Gasteiger partial charge in [-0.15, -0.1) is 0 Å². The van der Waals surface area contributed by atoms with Gasteiger partial charge in [0, 0.05) is 29.8 Å². The molecule has 0 spiro atoms. The lowest BCUT2D eigenvalue weighted by atomic mass is 9.99. The van der Waals surface area contributed by atoms with Gasteiger partial charge in [0.1, 0.15) is 65.0 Å². The topological polar surface area (TPSA) is 176 Å². The molecule has 2 heterocycles. The minimum Gasteiger partial charge on any atom is -0.508 e. The number of phenols is 2. The molecule has 1 aliphatic heterocycles. The highest BCUT2D eigenvalue weighted by molar-refractivity contribution is 5.87. The van der Waals surface area contributed by atoms with Crippen LogP contribution < -0.4 is 10.2 Å². The van der Waals surface area contributed by atoms with Gasteiger partial charge >= 0.3 is 5.97 Å². The highest BCUT2D eigenvalue weighted by Crippen LogP contribution is 2.33. The number of aliphatic hydroxyl groups excluding tert-OH is 3. The van der Waals surface area contributed by atoms with Gasteiger partial charge in [-0.25, -0.2) is 4.79 Å². The molecule has 3 aromatic carbocycles. The van der Waals surface area contributed by atoms with Crippen molar-refractivity contribution in [3.8, 4) is 28.6 Å². The highest BCUT2D eigenvalue weighted by Gasteiger charge is 2.45. The maximum Gasteiger partial charge on any atom is 0.330 e. The summed E-state index contributed by atoms with van der Waals surface area (Å²) in [5.41, 5.74) is 0.785. The van der Waals surface area contributed by atoms with Gasteiger partial charge in [-0.2, -0.15) is 0 Å². The van der Waals surface area contributed by atoms with E-state index in [1.54, 1.807) is 36.4 Å². The number of ether oxygens (including phenoxy) is 3. The Morgan fingerprint density at radius 2 is 1.63 bits per heavy atom. The molecule has 0 amide bonds. The average Bonchev–Trinajstić information content (AvgIpc) is 2.96. The van der Waals surface area contributed by atoms with E-state index < -0.39 is 54.5 Å². The third-order valence-electron chi connectivity index (χ3n) is 6.46. The van der Waals surface area contributed by atoms with Crippen LogP contribution in [0.2, 0.25) is 0 Å². The highest BCUT2D eigenvalue weighted by atomic mass is 16.7. The number of esters is 1. The molecule has 0 aliphatic carbocycles. The van der Waals surface area contributed by atoms with E-state index >= 15 is 0 Å². The number of carbonyl (C=O) groups is 1. The van der Waals surface area contributed by atoms with Gasteiger partial charge in [-0.1, -0.05) is 42.5 Å². The fraction of sp³-hybridized carbons (Fsp3) is 0.200.